The van der Waals surface area contributed by atoms with E-state index in [0.29, 0.717) is 23.2 Å². The molecular formula is C16H14N2O2. The fraction of sp³-hybridized carbons (Fsp3) is 0.125. The van der Waals surface area contributed by atoms with E-state index in [1.807, 2.05) is 24.3 Å². The first-order valence-corrected chi connectivity index (χ1v) is 6.10. The van der Waals surface area contributed by atoms with Crippen molar-refractivity contribution < 1.29 is 9.53 Å². The van der Waals surface area contributed by atoms with Crippen molar-refractivity contribution in [3.63, 3.8) is 0 Å². The maximum atomic E-state index is 11.6. The maximum absolute atomic E-state index is 11.6. The van der Waals surface area contributed by atoms with Crippen molar-refractivity contribution in [1.29, 1.82) is 5.26 Å². The van der Waals surface area contributed by atoms with Crippen LogP contribution in [0.5, 0.6) is 0 Å². The van der Waals surface area contributed by atoms with Crippen molar-refractivity contribution in [2.75, 3.05) is 12.8 Å². The molecule has 4 nitrogen and oxygen atoms in total. The maximum Gasteiger partial charge on any atom is 0.339 e. The minimum atomic E-state index is -0.449. The summed E-state index contributed by atoms with van der Waals surface area (Å²) < 4.78 is 4.70. The van der Waals surface area contributed by atoms with Crippen LogP contribution in [-0.4, -0.2) is 13.1 Å². The third kappa shape index (κ3) is 2.96. The number of nitrogens with two attached hydrogens (primary N) is 1. The summed E-state index contributed by atoms with van der Waals surface area (Å²) >= 11 is 0. The molecule has 0 aliphatic rings. The Balaban J connectivity index is 2.30. The van der Waals surface area contributed by atoms with Crippen molar-refractivity contribution in [3.05, 3.63) is 64.7 Å². The van der Waals surface area contributed by atoms with Crippen LogP contribution in [-0.2, 0) is 11.2 Å². The molecule has 2 aromatic rings. The number of benzene rings is 2. The van der Waals surface area contributed by atoms with Crippen LogP contribution in [0.2, 0.25) is 0 Å². The van der Waals surface area contributed by atoms with Crippen LogP contribution >= 0.6 is 0 Å². The normalized spacial score (nSPS) is 9.80. The van der Waals surface area contributed by atoms with Gasteiger partial charge in [0.1, 0.15) is 0 Å². The van der Waals surface area contributed by atoms with Crippen LogP contribution in [0, 0.1) is 11.3 Å². The largest absolute Gasteiger partial charge is 0.465 e. The molecule has 20 heavy (non-hydrogen) atoms. The number of nitrogens with zero attached hydrogens (tertiary/aromatic N) is 1. The van der Waals surface area contributed by atoms with Crippen molar-refractivity contribution in [1.82, 2.24) is 0 Å². The first-order valence-electron chi connectivity index (χ1n) is 6.10. The number of ether oxygens (including phenoxy) is 1. The summed E-state index contributed by atoms with van der Waals surface area (Å²) in [5, 5.41) is 8.89. The van der Waals surface area contributed by atoms with Gasteiger partial charge in [-0.1, -0.05) is 18.2 Å². The van der Waals surface area contributed by atoms with Crippen molar-refractivity contribution in [2.24, 2.45) is 0 Å². The number of nitriles is 1. The lowest BCUT2D eigenvalue weighted by molar-refractivity contribution is 0.0602. The predicted octanol–water partition coefficient (Wildman–Crippen LogP) is 2.52. The van der Waals surface area contributed by atoms with E-state index in [4.69, 9.17) is 15.7 Å². The zero-order valence-corrected chi connectivity index (χ0v) is 11.1. The van der Waals surface area contributed by atoms with Crippen LogP contribution < -0.4 is 5.73 Å². The van der Waals surface area contributed by atoms with E-state index in [1.54, 1.807) is 18.2 Å². The molecule has 0 bridgehead atoms. The second-order valence-electron chi connectivity index (χ2n) is 4.40. The first-order chi connectivity index (χ1) is 9.63. The highest BCUT2D eigenvalue weighted by Gasteiger charge is 2.10. The van der Waals surface area contributed by atoms with Gasteiger partial charge >= 0.3 is 5.97 Å². The topological polar surface area (TPSA) is 76.1 Å². The fourth-order valence-electron chi connectivity index (χ4n) is 1.99. The van der Waals surface area contributed by atoms with Gasteiger partial charge in [-0.15, -0.1) is 0 Å². The van der Waals surface area contributed by atoms with E-state index in [9.17, 15) is 4.79 Å². The molecule has 2 rings (SSSR count). The second-order valence-corrected chi connectivity index (χ2v) is 4.40. The molecule has 0 heterocycles. The highest BCUT2D eigenvalue weighted by molar-refractivity contribution is 5.95. The Hall–Kier alpha value is -2.80. The lowest BCUT2D eigenvalue weighted by Gasteiger charge is -2.07. The molecule has 2 aromatic carbocycles. The molecule has 100 valence electrons. The van der Waals surface area contributed by atoms with Gasteiger partial charge in [-0.3, -0.25) is 0 Å². The highest BCUT2D eigenvalue weighted by atomic mass is 16.5. The Morgan fingerprint density at radius 1 is 1.25 bits per heavy atom. The van der Waals surface area contributed by atoms with Gasteiger partial charge in [0.2, 0.25) is 0 Å². The molecule has 0 aliphatic carbocycles. The van der Waals surface area contributed by atoms with E-state index in [1.165, 1.54) is 7.11 Å². The molecular weight excluding hydrogens is 252 g/mol. The average molecular weight is 266 g/mol. The molecule has 0 aliphatic heterocycles. The number of carbonyl (C=O) groups excluding carboxylic acids is 1. The summed E-state index contributed by atoms with van der Waals surface area (Å²) in [6.07, 6.45) is 0.625. The van der Waals surface area contributed by atoms with Crippen LogP contribution in [0.25, 0.3) is 0 Å². The Morgan fingerprint density at radius 3 is 2.70 bits per heavy atom. The molecule has 0 amide bonds. The first kappa shape index (κ1) is 13.6. The number of nitrogen functional groups attached to an aromatic ring is 1. The number of esters is 1. The van der Waals surface area contributed by atoms with E-state index < -0.39 is 5.97 Å². The second kappa shape index (κ2) is 5.89. The van der Waals surface area contributed by atoms with Crippen molar-refractivity contribution in [2.45, 2.75) is 6.42 Å². The zero-order chi connectivity index (χ0) is 14.5. The van der Waals surface area contributed by atoms with Gasteiger partial charge in [0.05, 0.1) is 24.3 Å². The van der Waals surface area contributed by atoms with E-state index in [2.05, 4.69) is 6.07 Å². The van der Waals surface area contributed by atoms with Crippen LogP contribution in [0.1, 0.15) is 27.0 Å². The lowest BCUT2D eigenvalue weighted by atomic mass is 10.0. The molecule has 0 spiro atoms. The third-order valence-corrected chi connectivity index (χ3v) is 2.99. The minimum absolute atomic E-state index is 0.362. The van der Waals surface area contributed by atoms with E-state index >= 15 is 0 Å². The van der Waals surface area contributed by atoms with Crippen LogP contribution in [0.4, 0.5) is 5.69 Å². The standard InChI is InChI=1S/C16H14N2O2/c1-20-16(19)14-9-12(5-6-15(14)18)7-11-3-2-4-13(8-11)10-17/h2-6,8-9H,7,18H2,1H3. The van der Waals surface area contributed by atoms with Gasteiger partial charge in [-0.05, 0) is 41.8 Å². The predicted molar refractivity (Wildman–Crippen MR) is 76.2 cm³/mol. The number of hydrogen-bond acceptors (Lipinski definition) is 4. The van der Waals surface area contributed by atoms with Gasteiger partial charge < -0.3 is 10.5 Å². The summed E-state index contributed by atoms with van der Waals surface area (Å²) in [7, 11) is 1.32. The summed E-state index contributed by atoms with van der Waals surface area (Å²) in [5.74, 6) is -0.449. The van der Waals surface area contributed by atoms with E-state index in [0.717, 1.165) is 11.1 Å². The summed E-state index contributed by atoms with van der Waals surface area (Å²) in [4.78, 5) is 11.6. The number of anilines is 1. The van der Waals surface area contributed by atoms with Crippen molar-refractivity contribution in [3.8, 4) is 6.07 Å². The lowest BCUT2D eigenvalue weighted by Crippen LogP contribution is -2.06. The number of carbonyl (C=O) groups is 1. The summed E-state index contributed by atoms with van der Waals surface area (Å²) in [6, 6.07) is 14.7. The quantitative estimate of drug-likeness (QED) is 0.684. The monoisotopic (exact) mass is 266 g/mol. The van der Waals surface area contributed by atoms with Gasteiger partial charge in [-0.25, -0.2) is 4.79 Å². The highest BCUT2D eigenvalue weighted by Crippen LogP contribution is 2.18. The Morgan fingerprint density at radius 2 is 2.00 bits per heavy atom. The molecule has 0 aromatic heterocycles. The number of methoxy groups -OCH3 is 1. The smallest absolute Gasteiger partial charge is 0.339 e. The Bertz CT molecular complexity index is 687. The molecule has 2 N–H and O–H groups in total. The molecule has 0 saturated heterocycles. The van der Waals surface area contributed by atoms with Gasteiger partial charge in [-0.2, -0.15) is 5.26 Å². The fourth-order valence-corrected chi connectivity index (χ4v) is 1.99. The van der Waals surface area contributed by atoms with Gasteiger partial charge in [0.25, 0.3) is 0 Å². The number of rotatable bonds is 3. The number of hydrogen-bond donors (Lipinski definition) is 1. The van der Waals surface area contributed by atoms with Crippen LogP contribution in [0.3, 0.4) is 0 Å². The molecule has 0 radical (unpaired) electrons. The molecule has 0 saturated carbocycles. The summed E-state index contributed by atoms with van der Waals surface area (Å²) in [6.45, 7) is 0. The summed E-state index contributed by atoms with van der Waals surface area (Å²) in [5.41, 5.74) is 9.08. The minimum Gasteiger partial charge on any atom is -0.465 e. The molecule has 0 atom stereocenters. The van der Waals surface area contributed by atoms with E-state index in [-0.39, 0.29) is 0 Å². The Labute approximate surface area is 117 Å². The van der Waals surface area contributed by atoms with Crippen LogP contribution in [0.15, 0.2) is 42.5 Å². The van der Waals surface area contributed by atoms with Gasteiger partial charge in [0, 0.05) is 5.69 Å². The SMILES string of the molecule is COC(=O)c1cc(Cc2cccc(C#N)c2)ccc1N. The van der Waals surface area contributed by atoms with Gasteiger partial charge in [0.15, 0.2) is 0 Å². The third-order valence-electron chi connectivity index (χ3n) is 2.99. The molecule has 0 unspecified atom stereocenters. The Kier molecular flexibility index (Phi) is 4.02. The molecule has 0 fully saturated rings. The average Bonchev–Trinajstić information content (AvgIpc) is 2.48. The van der Waals surface area contributed by atoms with Crippen molar-refractivity contribution >= 4 is 11.7 Å². The zero-order valence-electron chi connectivity index (χ0n) is 11.1. The molecule has 4 heteroatoms.